The number of pyridine rings is 2. The summed E-state index contributed by atoms with van der Waals surface area (Å²) < 4.78 is 0. The standard InChI is InChI=1S/C47H32N4/c48-29-32-18-23-37(24-19-32)51(38-25-20-33(21-26-38)35-11-8-28-49-30-35)45-27-22-36(31-50-45)46-41-13-3-5-15-43(41)47(44-16-6-4-14-42(44)46)40-17-7-10-34-9-1-2-12-39(34)40/h2-8,10-28,30-31H,1,9H2. The smallest absolute Gasteiger partial charge is 0.137 e. The highest BCUT2D eigenvalue weighted by atomic mass is 15.2. The van der Waals surface area contributed by atoms with Crippen LogP contribution < -0.4 is 4.90 Å². The highest BCUT2D eigenvalue weighted by Gasteiger charge is 2.21. The van der Waals surface area contributed by atoms with E-state index in [0.717, 1.165) is 46.7 Å². The third-order valence-electron chi connectivity index (χ3n) is 9.90. The van der Waals surface area contributed by atoms with Crippen molar-refractivity contribution in [2.75, 3.05) is 4.90 Å². The van der Waals surface area contributed by atoms with E-state index in [-0.39, 0.29) is 0 Å². The lowest BCUT2D eigenvalue weighted by molar-refractivity contribution is 0.987. The maximum Gasteiger partial charge on any atom is 0.137 e. The predicted molar refractivity (Wildman–Crippen MR) is 210 cm³/mol. The fourth-order valence-corrected chi connectivity index (χ4v) is 7.52. The first-order chi connectivity index (χ1) is 25.3. The first kappa shape index (κ1) is 30.2. The molecular formula is C47H32N4. The second-order valence-corrected chi connectivity index (χ2v) is 12.8. The van der Waals surface area contributed by atoms with Crippen molar-refractivity contribution in [2.24, 2.45) is 0 Å². The Kier molecular flexibility index (Phi) is 7.64. The van der Waals surface area contributed by atoms with Gasteiger partial charge in [-0.2, -0.15) is 5.26 Å². The van der Waals surface area contributed by atoms with E-state index in [4.69, 9.17) is 4.98 Å². The minimum absolute atomic E-state index is 0.614. The molecule has 0 aliphatic heterocycles. The average molecular weight is 653 g/mol. The number of anilines is 3. The molecule has 0 amide bonds. The molecule has 9 rings (SSSR count). The maximum atomic E-state index is 9.48. The molecule has 2 heterocycles. The molecule has 0 fully saturated rings. The van der Waals surface area contributed by atoms with Gasteiger partial charge in [0.05, 0.1) is 11.6 Å². The van der Waals surface area contributed by atoms with Crippen molar-refractivity contribution >= 4 is 44.8 Å². The van der Waals surface area contributed by atoms with E-state index in [2.05, 4.69) is 137 Å². The molecule has 0 bridgehead atoms. The Morgan fingerprint density at radius 3 is 1.86 bits per heavy atom. The summed E-state index contributed by atoms with van der Waals surface area (Å²) in [5.74, 6) is 0.783. The summed E-state index contributed by atoms with van der Waals surface area (Å²) in [7, 11) is 0. The monoisotopic (exact) mass is 652 g/mol. The molecule has 0 radical (unpaired) electrons. The van der Waals surface area contributed by atoms with Gasteiger partial charge in [-0.3, -0.25) is 9.88 Å². The van der Waals surface area contributed by atoms with Gasteiger partial charge in [-0.1, -0.05) is 97.1 Å². The molecule has 1 aliphatic carbocycles. The largest absolute Gasteiger partial charge is 0.295 e. The lowest BCUT2D eigenvalue weighted by atomic mass is 9.83. The molecule has 0 N–H and O–H groups in total. The van der Waals surface area contributed by atoms with E-state index < -0.39 is 0 Å². The molecule has 0 atom stereocenters. The van der Waals surface area contributed by atoms with Gasteiger partial charge < -0.3 is 0 Å². The molecule has 0 unspecified atom stereocenters. The number of nitrogens with zero attached hydrogens (tertiary/aromatic N) is 4. The Bertz CT molecular complexity index is 2560. The van der Waals surface area contributed by atoms with Crippen molar-refractivity contribution in [1.29, 1.82) is 5.26 Å². The van der Waals surface area contributed by atoms with E-state index in [1.807, 2.05) is 42.7 Å². The van der Waals surface area contributed by atoms with Crippen molar-refractivity contribution in [2.45, 2.75) is 12.8 Å². The van der Waals surface area contributed by atoms with E-state index >= 15 is 0 Å². The molecule has 4 nitrogen and oxygen atoms in total. The molecule has 240 valence electrons. The van der Waals surface area contributed by atoms with E-state index in [9.17, 15) is 5.26 Å². The van der Waals surface area contributed by atoms with Gasteiger partial charge >= 0.3 is 0 Å². The summed E-state index contributed by atoms with van der Waals surface area (Å²) in [4.78, 5) is 11.5. The first-order valence-electron chi connectivity index (χ1n) is 17.3. The van der Waals surface area contributed by atoms with Gasteiger partial charge in [0, 0.05) is 35.5 Å². The summed E-state index contributed by atoms with van der Waals surface area (Å²) in [5.41, 5.74) is 12.2. The fourth-order valence-electron chi connectivity index (χ4n) is 7.52. The van der Waals surface area contributed by atoms with Crippen LogP contribution in [0, 0.1) is 11.3 Å². The number of hydrogen-bond donors (Lipinski definition) is 0. The Hall–Kier alpha value is -6.83. The van der Waals surface area contributed by atoms with Gasteiger partial charge in [0.1, 0.15) is 5.82 Å². The molecule has 8 aromatic rings. The highest BCUT2D eigenvalue weighted by molar-refractivity contribution is 6.22. The van der Waals surface area contributed by atoms with Crippen LogP contribution in [-0.2, 0) is 6.42 Å². The lowest BCUT2D eigenvalue weighted by Gasteiger charge is -2.25. The molecule has 0 saturated heterocycles. The number of nitriles is 1. The minimum atomic E-state index is 0.614. The highest BCUT2D eigenvalue weighted by Crippen LogP contribution is 2.46. The van der Waals surface area contributed by atoms with Crippen LogP contribution in [0.15, 0.2) is 164 Å². The average Bonchev–Trinajstić information content (AvgIpc) is 3.21. The predicted octanol–water partition coefficient (Wildman–Crippen LogP) is 12.1. The molecule has 4 heteroatoms. The van der Waals surface area contributed by atoms with E-state index in [0.29, 0.717) is 5.56 Å². The van der Waals surface area contributed by atoms with Crippen molar-refractivity contribution in [1.82, 2.24) is 9.97 Å². The van der Waals surface area contributed by atoms with Gasteiger partial charge in [-0.15, -0.1) is 0 Å². The second-order valence-electron chi connectivity index (χ2n) is 12.8. The molecule has 0 saturated carbocycles. The number of aryl methyl sites for hydroxylation is 1. The summed E-state index contributed by atoms with van der Waals surface area (Å²) in [6.45, 7) is 0. The third kappa shape index (κ3) is 5.42. The quantitative estimate of drug-likeness (QED) is 0.168. The number of aromatic nitrogens is 2. The van der Waals surface area contributed by atoms with E-state index in [1.54, 1.807) is 6.20 Å². The summed E-state index contributed by atoms with van der Waals surface area (Å²) in [6, 6.07) is 50.9. The SMILES string of the molecule is N#Cc1ccc(N(c2ccc(-c3cccnc3)cc2)c2ccc(-c3c4ccccc4c(-c4cccc5c4C=CCC5)c4ccccc34)cn2)cc1. The number of rotatable bonds is 6. The van der Waals surface area contributed by atoms with Gasteiger partial charge in [0.2, 0.25) is 0 Å². The van der Waals surface area contributed by atoms with Crippen LogP contribution in [0.2, 0.25) is 0 Å². The van der Waals surface area contributed by atoms with Gasteiger partial charge in [0.15, 0.2) is 0 Å². The third-order valence-corrected chi connectivity index (χ3v) is 9.90. The van der Waals surface area contributed by atoms with Crippen molar-refractivity contribution in [3.05, 3.63) is 181 Å². The van der Waals surface area contributed by atoms with Crippen molar-refractivity contribution < 1.29 is 0 Å². The van der Waals surface area contributed by atoms with Gasteiger partial charge in [-0.05, 0) is 128 Å². The van der Waals surface area contributed by atoms with Gasteiger partial charge in [-0.25, -0.2) is 4.98 Å². The zero-order valence-electron chi connectivity index (χ0n) is 27.9. The molecular weight excluding hydrogens is 621 g/mol. The Balaban J connectivity index is 1.19. The maximum absolute atomic E-state index is 9.48. The zero-order chi connectivity index (χ0) is 34.1. The molecule has 6 aromatic carbocycles. The normalized spacial score (nSPS) is 12.1. The van der Waals surface area contributed by atoms with Crippen LogP contribution in [0.5, 0.6) is 0 Å². The lowest BCUT2D eigenvalue weighted by Crippen LogP contribution is -2.11. The summed E-state index contributed by atoms with van der Waals surface area (Å²) in [6.07, 6.45) is 12.4. The summed E-state index contributed by atoms with van der Waals surface area (Å²) >= 11 is 0. The first-order valence-corrected chi connectivity index (χ1v) is 17.3. The number of hydrogen-bond acceptors (Lipinski definition) is 4. The zero-order valence-corrected chi connectivity index (χ0v) is 27.9. The molecule has 51 heavy (non-hydrogen) atoms. The Labute approximate surface area is 297 Å². The topological polar surface area (TPSA) is 52.8 Å². The molecule has 1 aliphatic rings. The Morgan fingerprint density at radius 1 is 0.569 bits per heavy atom. The van der Waals surface area contributed by atoms with Crippen molar-refractivity contribution in [3.8, 4) is 39.4 Å². The number of fused-ring (bicyclic) bond motifs is 3. The van der Waals surface area contributed by atoms with Crippen LogP contribution in [0.25, 0.3) is 61.0 Å². The number of benzene rings is 6. The van der Waals surface area contributed by atoms with Crippen LogP contribution in [-0.4, -0.2) is 9.97 Å². The number of allylic oxidation sites excluding steroid dienone is 1. The van der Waals surface area contributed by atoms with E-state index in [1.165, 1.54) is 49.4 Å². The van der Waals surface area contributed by atoms with Crippen LogP contribution >= 0.6 is 0 Å². The van der Waals surface area contributed by atoms with Crippen LogP contribution in [0.4, 0.5) is 17.2 Å². The minimum Gasteiger partial charge on any atom is -0.295 e. The fraction of sp³-hybridized carbons (Fsp3) is 0.0426. The Morgan fingerprint density at radius 2 is 1.24 bits per heavy atom. The molecule has 2 aromatic heterocycles. The van der Waals surface area contributed by atoms with Crippen LogP contribution in [0.1, 0.15) is 23.1 Å². The molecule has 0 spiro atoms. The van der Waals surface area contributed by atoms with Crippen molar-refractivity contribution in [3.63, 3.8) is 0 Å². The summed E-state index contributed by atoms with van der Waals surface area (Å²) in [5, 5.41) is 14.3. The second kappa shape index (κ2) is 12.9. The van der Waals surface area contributed by atoms with Gasteiger partial charge in [0.25, 0.3) is 0 Å². The van der Waals surface area contributed by atoms with Crippen LogP contribution in [0.3, 0.4) is 0 Å².